The second-order valence-electron chi connectivity index (χ2n) is 6.58. The fourth-order valence-corrected chi connectivity index (χ4v) is 3.41. The van der Waals surface area contributed by atoms with Crippen LogP contribution in [-0.2, 0) is 11.4 Å². The predicted molar refractivity (Wildman–Crippen MR) is 130 cm³/mol. The fourth-order valence-electron chi connectivity index (χ4n) is 2.75. The number of benzene rings is 3. The van der Waals surface area contributed by atoms with Gasteiger partial charge < -0.3 is 14.8 Å². The molecule has 1 N–H and O–H groups in total. The summed E-state index contributed by atoms with van der Waals surface area (Å²) in [6.07, 6.45) is 1.43. The first kappa shape index (κ1) is 23.7. The third-order valence-electron chi connectivity index (χ3n) is 4.33. The van der Waals surface area contributed by atoms with Gasteiger partial charge in [-0.25, -0.2) is 0 Å². The lowest BCUT2D eigenvalue weighted by Crippen LogP contribution is -2.13. The number of methoxy groups -OCH3 is 1. The number of nitrogens with one attached hydrogen (secondary N) is 1. The van der Waals surface area contributed by atoms with E-state index in [4.69, 9.17) is 32.7 Å². The van der Waals surface area contributed by atoms with E-state index in [0.717, 1.165) is 10.0 Å². The number of rotatable bonds is 7. The Morgan fingerprint density at radius 1 is 1.12 bits per heavy atom. The minimum Gasteiger partial charge on any atom is -0.493 e. The average molecular weight is 532 g/mol. The zero-order valence-corrected chi connectivity index (χ0v) is 20.0. The van der Waals surface area contributed by atoms with E-state index >= 15 is 0 Å². The van der Waals surface area contributed by atoms with Gasteiger partial charge in [-0.3, -0.25) is 4.79 Å². The summed E-state index contributed by atoms with van der Waals surface area (Å²) in [5, 5.41) is 13.0. The van der Waals surface area contributed by atoms with Crippen LogP contribution in [0, 0.1) is 11.3 Å². The molecule has 0 atom stereocenters. The number of anilines is 1. The normalized spacial score (nSPS) is 10.9. The third-order valence-corrected chi connectivity index (χ3v) is 5.39. The average Bonchev–Trinajstić information content (AvgIpc) is 2.79. The zero-order chi connectivity index (χ0) is 23.1. The van der Waals surface area contributed by atoms with Crippen LogP contribution in [0.25, 0.3) is 6.08 Å². The van der Waals surface area contributed by atoms with E-state index in [1.807, 2.05) is 30.3 Å². The van der Waals surface area contributed by atoms with Crippen molar-refractivity contribution >= 4 is 56.8 Å². The lowest BCUT2D eigenvalue weighted by atomic mass is 10.1. The molecule has 3 rings (SSSR count). The van der Waals surface area contributed by atoms with Crippen molar-refractivity contribution < 1.29 is 14.3 Å². The third kappa shape index (κ3) is 6.27. The Morgan fingerprint density at radius 3 is 2.44 bits per heavy atom. The number of hydrogen-bond acceptors (Lipinski definition) is 4. The van der Waals surface area contributed by atoms with E-state index in [0.29, 0.717) is 39.4 Å². The van der Waals surface area contributed by atoms with Crippen LogP contribution in [0.1, 0.15) is 11.1 Å². The van der Waals surface area contributed by atoms with E-state index in [-0.39, 0.29) is 5.57 Å². The van der Waals surface area contributed by atoms with E-state index in [9.17, 15) is 10.1 Å². The highest BCUT2D eigenvalue weighted by Crippen LogP contribution is 2.37. The Morgan fingerprint density at radius 2 is 1.81 bits per heavy atom. The first-order valence-electron chi connectivity index (χ1n) is 9.33. The number of hydrogen-bond donors (Lipinski definition) is 1. The van der Waals surface area contributed by atoms with Gasteiger partial charge in [0.05, 0.1) is 12.1 Å². The summed E-state index contributed by atoms with van der Waals surface area (Å²) < 4.78 is 12.2. The van der Waals surface area contributed by atoms with Gasteiger partial charge in [0.25, 0.3) is 5.91 Å². The molecular formula is C24H17BrCl2N2O3. The summed E-state index contributed by atoms with van der Waals surface area (Å²) in [6, 6.07) is 19.4. The summed E-state index contributed by atoms with van der Waals surface area (Å²) in [5.41, 5.74) is 1.90. The standard InChI is InChI=1S/C24H17BrCl2N2O3/c1-31-22-12-16(10-17(13-28)24(30)29-20-8-6-19(26)7-9-20)11-21(27)23(22)32-14-15-2-4-18(25)5-3-15/h2-12H,14H2,1H3,(H,29,30)/b17-10-. The molecule has 0 aliphatic rings. The van der Waals surface area contributed by atoms with Crippen LogP contribution in [0.15, 0.2) is 70.7 Å². The Balaban J connectivity index is 1.80. The number of amides is 1. The molecule has 162 valence electrons. The molecule has 3 aromatic carbocycles. The van der Waals surface area contributed by atoms with Gasteiger partial charge in [0.15, 0.2) is 11.5 Å². The number of ether oxygens (including phenoxy) is 2. The van der Waals surface area contributed by atoms with Gasteiger partial charge in [0.1, 0.15) is 18.2 Å². The van der Waals surface area contributed by atoms with Crippen LogP contribution >= 0.6 is 39.1 Å². The van der Waals surface area contributed by atoms with Crippen LogP contribution in [0.4, 0.5) is 5.69 Å². The lowest BCUT2D eigenvalue weighted by molar-refractivity contribution is -0.112. The number of nitrogens with zero attached hydrogens (tertiary/aromatic N) is 1. The van der Waals surface area contributed by atoms with Gasteiger partial charge in [-0.15, -0.1) is 0 Å². The largest absolute Gasteiger partial charge is 0.493 e. The minimum absolute atomic E-state index is 0.0957. The quantitative estimate of drug-likeness (QED) is 0.266. The van der Waals surface area contributed by atoms with E-state index in [2.05, 4.69) is 21.2 Å². The Labute approximate surface area is 204 Å². The Hall–Kier alpha value is -2.98. The molecule has 1 amide bonds. The maximum Gasteiger partial charge on any atom is 0.266 e. The highest BCUT2D eigenvalue weighted by Gasteiger charge is 2.14. The molecule has 0 unspecified atom stereocenters. The smallest absolute Gasteiger partial charge is 0.266 e. The molecule has 0 spiro atoms. The number of carbonyl (C=O) groups excluding carboxylic acids is 1. The molecule has 0 aliphatic carbocycles. The molecular weight excluding hydrogens is 515 g/mol. The van der Waals surface area contributed by atoms with Gasteiger partial charge in [-0.1, -0.05) is 51.3 Å². The second-order valence-corrected chi connectivity index (χ2v) is 8.34. The van der Waals surface area contributed by atoms with Crippen molar-refractivity contribution in [1.82, 2.24) is 0 Å². The highest BCUT2D eigenvalue weighted by molar-refractivity contribution is 9.10. The fraction of sp³-hybridized carbons (Fsp3) is 0.0833. The molecule has 0 fully saturated rings. The van der Waals surface area contributed by atoms with Crippen molar-refractivity contribution in [3.63, 3.8) is 0 Å². The molecule has 0 aliphatic heterocycles. The molecule has 0 bridgehead atoms. The predicted octanol–water partition coefficient (Wildman–Crippen LogP) is 6.89. The van der Waals surface area contributed by atoms with Crippen molar-refractivity contribution in [3.05, 3.63) is 91.9 Å². The molecule has 0 saturated carbocycles. The van der Waals surface area contributed by atoms with Crippen LogP contribution in [0.3, 0.4) is 0 Å². The molecule has 0 heterocycles. The van der Waals surface area contributed by atoms with Crippen LogP contribution in [0.5, 0.6) is 11.5 Å². The van der Waals surface area contributed by atoms with E-state index in [1.54, 1.807) is 36.4 Å². The Bertz CT molecular complexity index is 1190. The topological polar surface area (TPSA) is 71.3 Å². The van der Waals surface area contributed by atoms with Gasteiger partial charge in [-0.05, 0) is 65.7 Å². The van der Waals surface area contributed by atoms with Gasteiger partial charge in [-0.2, -0.15) is 5.26 Å². The van der Waals surface area contributed by atoms with Crippen molar-refractivity contribution in [2.45, 2.75) is 6.61 Å². The molecule has 32 heavy (non-hydrogen) atoms. The highest BCUT2D eigenvalue weighted by atomic mass is 79.9. The van der Waals surface area contributed by atoms with Crippen LogP contribution in [0.2, 0.25) is 10.0 Å². The first-order chi connectivity index (χ1) is 15.4. The molecule has 5 nitrogen and oxygen atoms in total. The second kappa shape index (κ2) is 11.1. The molecule has 0 saturated heterocycles. The maximum absolute atomic E-state index is 12.5. The molecule has 0 radical (unpaired) electrons. The van der Waals surface area contributed by atoms with Crippen LogP contribution in [-0.4, -0.2) is 13.0 Å². The summed E-state index contributed by atoms with van der Waals surface area (Å²) >= 11 is 15.7. The minimum atomic E-state index is -0.555. The maximum atomic E-state index is 12.5. The molecule has 3 aromatic rings. The Kier molecular flexibility index (Phi) is 8.18. The lowest BCUT2D eigenvalue weighted by Gasteiger charge is -2.14. The van der Waals surface area contributed by atoms with Crippen molar-refractivity contribution in [1.29, 1.82) is 5.26 Å². The summed E-state index contributed by atoms with van der Waals surface area (Å²) in [7, 11) is 1.49. The number of nitriles is 1. The zero-order valence-electron chi connectivity index (χ0n) is 16.9. The van der Waals surface area contributed by atoms with Gasteiger partial charge in [0.2, 0.25) is 0 Å². The van der Waals surface area contributed by atoms with Crippen molar-refractivity contribution in [3.8, 4) is 17.6 Å². The van der Waals surface area contributed by atoms with E-state index in [1.165, 1.54) is 13.2 Å². The number of halogens is 3. The number of carbonyl (C=O) groups is 1. The van der Waals surface area contributed by atoms with Gasteiger partial charge in [0, 0.05) is 15.2 Å². The van der Waals surface area contributed by atoms with Gasteiger partial charge >= 0.3 is 0 Å². The van der Waals surface area contributed by atoms with Crippen LogP contribution < -0.4 is 14.8 Å². The first-order valence-corrected chi connectivity index (χ1v) is 10.9. The van der Waals surface area contributed by atoms with Crippen molar-refractivity contribution in [2.75, 3.05) is 12.4 Å². The summed E-state index contributed by atoms with van der Waals surface area (Å²) in [4.78, 5) is 12.5. The SMILES string of the molecule is COc1cc(/C=C(/C#N)C(=O)Nc2ccc(Cl)cc2)cc(Cl)c1OCc1ccc(Br)cc1. The summed E-state index contributed by atoms with van der Waals surface area (Å²) in [6.45, 7) is 0.297. The van der Waals surface area contributed by atoms with Crippen molar-refractivity contribution in [2.24, 2.45) is 0 Å². The van der Waals surface area contributed by atoms with E-state index < -0.39 is 5.91 Å². The monoisotopic (exact) mass is 530 g/mol. The molecule has 0 aromatic heterocycles. The molecule has 8 heteroatoms. The summed E-state index contributed by atoms with van der Waals surface area (Å²) in [5.74, 6) is 0.204.